The maximum atomic E-state index is 5.16. The molecule has 0 aliphatic carbocycles. The zero-order valence-corrected chi connectivity index (χ0v) is 43.7. The minimum atomic E-state index is 0.903. The Hall–Kier alpha value is -10.8. The number of pyridine rings is 2. The fraction of sp³-hybridized carbons (Fsp3) is 0. The van der Waals surface area contributed by atoms with Gasteiger partial charge in [-0.05, 0) is 130 Å². The summed E-state index contributed by atoms with van der Waals surface area (Å²) in [6, 6.07) is 108. The third-order valence-corrected chi connectivity index (χ3v) is 15.0. The first-order valence-corrected chi connectivity index (χ1v) is 27.0. The van der Waals surface area contributed by atoms with Gasteiger partial charge in [-0.25, -0.2) is 9.97 Å². The molecular formula is C74H52N6. The second-order valence-corrected chi connectivity index (χ2v) is 19.9. The second kappa shape index (κ2) is 21.0. The van der Waals surface area contributed by atoms with Gasteiger partial charge in [0.05, 0.1) is 22.8 Å². The SMILES string of the molecule is c1ccc(-c2ccc(N(c3ccc(-c4ccc(N(c5ccc(-c6ccccc6)cc5)c5cccc(-c6c(-c7ccccc7)nc7ccccn67)c5)cc4)cc3)c3cccc(-c4c(-c5ccccc5)nc5ccccn45)c3)cc2)cc1. The fourth-order valence-corrected chi connectivity index (χ4v) is 11.1. The number of nitrogens with zero attached hydrogens (tertiary/aromatic N) is 6. The summed E-state index contributed by atoms with van der Waals surface area (Å²) in [5.74, 6) is 0. The van der Waals surface area contributed by atoms with Gasteiger partial charge < -0.3 is 9.80 Å². The summed E-state index contributed by atoms with van der Waals surface area (Å²) < 4.78 is 4.40. The molecule has 4 aromatic heterocycles. The van der Waals surface area contributed by atoms with Gasteiger partial charge in [-0.3, -0.25) is 8.80 Å². The molecule has 0 aliphatic rings. The summed E-state index contributed by atoms with van der Waals surface area (Å²) in [6.45, 7) is 0. The Bertz CT molecular complexity index is 4130. The number of imidazole rings is 2. The van der Waals surface area contributed by atoms with Gasteiger partial charge in [0.2, 0.25) is 0 Å². The molecular weight excluding hydrogens is 973 g/mol. The summed E-state index contributed by atoms with van der Waals surface area (Å²) in [5.41, 5.74) is 23.3. The van der Waals surface area contributed by atoms with Gasteiger partial charge in [-0.2, -0.15) is 0 Å². The number of benzene rings is 10. The van der Waals surface area contributed by atoms with Gasteiger partial charge in [0.1, 0.15) is 11.3 Å². The number of aromatic nitrogens is 4. The molecule has 0 radical (unpaired) electrons. The smallest absolute Gasteiger partial charge is 0.137 e. The van der Waals surface area contributed by atoms with Crippen LogP contribution >= 0.6 is 0 Å². The molecule has 80 heavy (non-hydrogen) atoms. The first-order valence-electron chi connectivity index (χ1n) is 27.0. The van der Waals surface area contributed by atoms with Crippen LogP contribution in [0.2, 0.25) is 0 Å². The highest BCUT2D eigenvalue weighted by Crippen LogP contribution is 2.43. The van der Waals surface area contributed by atoms with E-state index in [0.29, 0.717) is 0 Å². The van der Waals surface area contributed by atoms with Crippen molar-refractivity contribution in [3.05, 3.63) is 316 Å². The van der Waals surface area contributed by atoms with E-state index in [1.165, 1.54) is 22.3 Å². The minimum Gasteiger partial charge on any atom is -0.310 e. The molecule has 14 rings (SSSR count). The molecule has 10 aromatic carbocycles. The monoisotopic (exact) mass is 1020 g/mol. The summed E-state index contributed by atoms with van der Waals surface area (Å²) in [5, 5.41) is 0. The van der Waals surface area contributed by atoms with Crippen LogP contribution in [0.25, 0.3) is 89.7 Å². The highest BCUT2D eigenvalue weighted by molar-refractivity contribution is 5.89. The predicted octanol–water partition coefficient (Wildman–Crippen LogP) is 19.6. The van der Waals surface area contributed by atoms with Crippen molar-refractivity contribution >= 4 is 45.4 Å². The van der Waals surface area contributed by atoms with Crippen LogP contribution in [-0.4, -0.2) is 18.8 Å². The van der Waals surface area contributed by atoms with Gasteiger partial charge in [0.25, 0.3) is 0 Å². The fourth-order valence-electron chi connectivity index (χ4n) is 11.1. The van der Waals surface area contributed by atoms with Crippen molar-refractivity contribution in [1.29, 1.82) is 0 Å². The Morgan fingerprint density at radius 3 is 0.812 bits per heavy atom. The van der Waals surface area contributed by atoms with Crippen molar-refractivity contribution in [2.75, 3.05) is 9.80 Å². The summed E-state index contributed by atoms with van der Waals surface area (Å²) in [4.78, 5) is 15.0. The van der Waals surface area contributed by atoms with Crippen LogP contribution in [0.4, 0.5) is 34.1 Å². The standard InChI is InChI=1S/C74H52N6/c1-5-19-53(20-6-1)55-33-41-63(42-34-55)79(67-29-17-27-61(51-67)73-71(59-23-9-3-10-24-59)75-69-31-13-15-49-77(69)73)65-45-37-57(38-46-65)58-39-47-66(48-40-58)80(64-43-35-56(36-44-64)54-21-7-2-8-22-54)68-30-18-28-62(52-68)74-72(60-25-11-4-12-26-60)76-70-32-14-16-50-78(70)74/h1-52H. The lowest BCUT2D eigenvalue weighted by Crippen LogP contribution is -2.10. The van der Waals surface area contributed by atoms with E-state index in [0.717, 1.165) is 102 Å². The van der Waals surface area contributed by atoms with Crippen molar-refractivity contribution in [3.8, 4) is 78.4 Å². The van der Waals surface area contributed by atoms with Crippen LogP contribution in [0.5, 0.6) is 0 Å². The van der Waals surface area contributed by atoms with E-state index in [1.807, 2.05) is 12.1 Å². The zero-order valence-electron chi connectivity index (χ0n) is 43.7. The van der Waals surface area contributed by atoms with Crippen molar-refractivity contribution in [3.63, 3.8) is 0 Å². The zero-order chi connectivity index (χ0) is 53.2. The first-order chi connectivity index (χ1) is 39.7. The first kappa shape index (κ1) is 47.6. The number of hydrogen-bond acceptors (Lipinski definition) is 4. The Morgan fingerprint density at radius 2 is 0.487 bits per heavy atom. The van der Waals surface area contributed by atoms with Crippen LogP contribution in [0.1, 0.15) is 0 Å². The van der Waals surface area contributed by atoms with Crippen LogP contribution < -0.4 is 9.80 Å². The molecule has 14 aromatic rings. The van der Waals surface area contributed by atoms with Crippen molar-refractivity contribution in [2.24, 2.45) is 0 Å². The average molecular weight is 1030 g/mol. The lowest BCUT2D eigenvalue weighted by molar-refractivity contribution is 1.19. The molecule has 0 unspecified atom stereocenters. The molecule has 6 heteroatoms. The predicted molar refractivity (Wildman–Crippen MR) is 331 cm³/mol. The Balaban J connectivity index is 0.833. The minimum absolute atomic E-state index is 0.903. The summed E-state index contributed by atoms with van der Waals surface area (Å²) in [7, 11) is 0. The molecule has 0 fully saturated rings. The van der Waals surface area contributed by atoms with Crippen molar-refractivity contribution in [2.45, 2.75) is 0 Å². The van der Waals surface area contributed by atoms with Crippen molar-refractivity contribution in [1.82, 2.24) is 18.8 Å². The van der Waals surface area contributed by atoms with Crippen molar-refractivity contribution < 1.29 is 0 Å². The molecule has 0 bridgehead atoms. The quantitative estimate of drug-likeness (QED) is 0.115. The third-order valence-electron chi connectivity index (χ3n) is 15.0. The number of hydrogen-bond donors (Lipinski definition) is 0. The van der Waals surface area contributed by atoms with E-state index in [2.05, 4.69) is 322 Å². The molecule has 0 spiro atoms. The van der Waals surface area contributed by atoms with Crippen LogP contribution in [0, 0.1) is 0 Å². The lowest BCUT2D eigenvalue weighted by Gasteiger charge is -2.27. The Labute approximate surface area is 465 Å². The number of fused-ring (bicyclic) bond motifs is 2. The third kappa shape index (κ3) is 9.16. The van der Waals surface area contributed by atoms with Crippen LogP contribution in [0.3, 0.4) is 0 Å². The van der Waals surface area contributed by atoms with E-state index in [-0.39, 0.29) is 0 Å². The largest absolute Gasteiger partial charge is 0.310 e. The van der Waals surface area contributed by atoms with E-state index >= 15 is 0 Å². The van der Waals surface area contributed by atoms with E-state index in [4.69, 9.17) is 9.97 Å². The maximum absolute atomic E-state index is 5.16. The molecule has 0 atom stereocenters. The molecule has 0 saturated heterocycles. The topological polar surface area (TPSA) is 41.1 Å². The van der Waals surface area contributed by atoms with Gasteiger partial charge in [-0.1, -0.05) is 206 Å². The Morgan fingerprint density at radius 1 is 0.212 bits per heavy atom. The van der Waals surface area contributed by atoms with Crippen LogP contribution in [0.15, 0.2) is 316 Å². The number of rotatable bonds is 13. The Kier molecular flexibility index (Phi) is 12.5. The summed E-state index contributed by atoms with van der Waals surface area (Å²) in [6.07, 6.45) is 4.21. The molecule has 0 N–H and O–H groups in total. The number of anilines is 6. The van der Waals surface area contributed by atoms with Gasteiger partial charge >= 0.3 is 0 Å². The molecule has 0 amide bonds. The maximum Gasteiger partial charge on any atom is 0.137 e. The molecule has 378 valence electrons. The highest BCUT2D eigenvalue weighted by Gasteiger charge is 2.22. The highest BCUT2D eigenvalue weighted by atomic mass is 15.1. The van der Waals surface area contributed by atoms with Crippen LogP contribution in [-0.2, 0) is 0 Å². The van der Waals surface area contributed by atoms with Gasteiger partial charge in [0, 0.05) is 68.8 Å². The van der Waals surface area contributed by atoms with Gasteiger partial charge in [-0.15, -0.1) is 0 Å². The van der Waals surface area contributed by atoms with E-state index in [1.54, 1.807) is 0 Å². The second-order valence-electron chi connectivity index (χ2n) is 19.9. The molecule has 4 heterocycles. The molecule has 6 nitrogen and oxygen atoms in total. The lowest BCUT2D eigenvalue weighted by atomic mass is 10.0. The average Bonchev–Trinajstić information content (AvgIpc) is 4.15. The molecule has 0 saturated carbocycles. The molecule has 0 aliphatic heterocycles. The van der Waals surface area contributed by atoms with E-state index < -0.39 is 0 Å². The normalized spacial score (nSPS) is 11.2. The summed E-state index contributed by atoms with van der Waals surface area (Å²) >= 11 is 0. The van der Waals surface area contributed by atoms with Gasteiger partial charge in [0.15, 0.2) is 0 Å². The van der Waals surface area contributed by atoms with E-state index in [9.17, 15) is 0 Å².